The second-order valence-electron chi connectivity index (χ2n) is 8.87. The molecule has 12 heteroatoms. The van der Waals surface area contributed by atoms with Crippen LogP contribution in [0.15, 0.2) is 65.8 Å². The maximum absolute atomic E-state index is 15.8. The monoisotopic (exact) mass is 565 g/mol. The fourth-order valence-electron chi connectivity index (χ4n) is 4.22. The van der Waals surface area contributed by atoms with Crippen LogP contribution in [0.4, 0.5) is 27.1 Å². The summed E-state index contributed by atoms with van der Waals surface area (Å²) in [6.07, 6.45) is 2.44. The number of alkyl halides is 2. The Morgan fingerprint density at radius 3 is 2.39 bits per heavy atom. The molecular formula is C26H20F5N3O2S2. The molecule has 0 amide bonds. The minimum atomic E-state index is -4.43. The van der Waals surface area contributed by atoms with Crippen LogP contribution in [0.25, 0.3) is 21.7 Å². The predicted octanol–water partition coefficient (Wildman–Crippen LogP) is 6.50. The molecule has 0 radical (unpaired) electrons. The molecule has 0 saturated carbocycles. The number of halogens is 5. The quantitative estimate of drug-likeness (QED) is 0.250. The van der Waals surface area contributed by atoms with Crippen LogP contribution < -0.4 is 4.90 Å². The number of hydrogen-bond acceptors (Lipinski definition) is 6. The molecule has 1 fully saturated rings. The fourth-order valence-corrected chi connectivity index (χ4v) is 6.81. The van der Waals surface area contributed by atoms with E-state index in [2.05, 4.69) is 9.97 Å². The van der Waals surface area contributed by atoms with E-state index in [9.17, 15) is 26.0 Å². The van der Waals surface area contributed by atoms with Crippen LogP contribution in [-0.2, 0) is 15.6 Å². The molecular weight excluding hydrogens is 545 g/mol. The van der Waals surface area contributed by atoms with Crippen LogP contribution >= 0.6 is 11.3 Å². The van der Waals surface area contributed by atoms with Crippen molar-refractivity contribution in [2.24, 2.45) is 0 Å². The van der Waals surface area contributed by atoms with Crippen molar-refractivity contribution >= 4 is 26.3 Å². The normalized spacial score (nSPS) is 15.6. The van der Waals surface area contributed by atoms with Gasteiger partial charge < -0.3 is 4.90 Å². The highest BCUT2D eigenvalue weighted by atomic mass is 32.2. The minimum absolute atomic E-state index is 0.00549. The third-order valence-corrected chi connectivity index (χ3v) is 9.07. The van der Waals surface area contributed by atoms with E-state index in [1.807, 2.05) is 0 Å². The highest BCUT2D eigenvalue weighted by molar-refractivity contribution is 7.90. The van der Waals surface area contributed by atoms with Gasteiger partial charge in [0.25, 0.3) is 5.92 Å². The lowest BCUT2D eigenvalue weighted by Gasteiger charge is -2.31. The standard InChI is InChI=1S/C26H20F5N3O2S2/c27-18-4-5-20(28)21(14-18)38(35,36)15-17-2-1-3-19(22(17)29)23-24(16-6-10-32-11-7-16)37-25(33-23)34-12-8-26(30,31)9-13-34/h1-7,10-11,14H,8-9,12-13,15H2. The maximum atomic E-state index is 15.8. The lowest BCUT2D eigenvalue weighted by atomic mass is 10.0. The van der Waals surface area contributed by atoms with Gasteiger partial charge in [0.1, 0.15) is 22.3 Å². The first-order valence-corrected chi connectivity index (χ1v) is 14.0. The van der Waals surface area contributed by atoms with Crippen molar-refractivity contribution in [3.8, 4) is 21.7 Å². The van der Waals surface area contributed by atoms with Crippen molar-refractivity contribution in [2.75, 3.05) is 18.0 Å². The summed E-state index contributed by atoms with van der Waals surface area (Å²) in [6.45, 7) is 0.158. The van der Waals surface area contributed by atoms with Gasteiger partial charge in [-0.3, -0.25) is 4.98 Å². The molecule has 0 atom stereocenters. The zero-order valence-corrected chi connectivity index (χ0v) is 21.3. The SMILES string of the molecule is O=S(=O)(Cc1cccc(-c2nc(N3CCC(F)(F)CC3)sc2-c2ccncc2)c1F)c1cc(F)ccc1F. The lowest BCUT2D eigenvalue weighted by Crippen LogP contribution is -2.39. The summed E-state index contributed by atoms with van der Waals surface area (Å²) in [5, 5.41) is 0.432. The van der Waals surface area contributed by atoms with E-state index in [0.717, 1.165) is 6.07 Å². The van der Waals surface area contributed by atoms with Crippen molar-refractivity contribution in [3.63, 3.8) is 0 Å². The molecule has 0 bridgehead atoms. The number of benzene rings is 2. The molecule has 5 rings (SSSR count). The Morgan fingerprint density at radius 2 is 1.68 bits per heavy atom. The van der Waals surface area contributed by atoms with Crippen LogP contribution in [0.1, 0.15) is 18.4 Å². The van der Waals surface area contributed by atoms with E-state index in [0.29, 0.717) is 27.7 Å². The van der Waals surface area contributed by atoms with Gasteiger partial charge in [0.05, 0.1) is 16.3 Å². The number of pyridine rings is 1. The highest BCUT2D eigenvalue weighted by Crippen LogP contribution is 2.43. The summed E-state index contributed by atoms with van der Waals surface area (Å²) in [5.74, 6) is -6.62. The third kappa shape index (κ3) is 5.28. The molecule has 5 nitrogen and oxygen atoms in total. The minimum Gasteiger partial charge on any atom is -0.348 e. The topological polar surface area (TPSA) is 63.2 Å². The van der Waals surface area contributed by atoms with Crippen LogP contribution in [-0.4, -0.2) is 37.4 Å². The number of aromatic nitrogens is 2. The van der Waals surface area contributed by atoms with Gasteiger partial charge in [-0.1, -0.05) is 23.5 Å². The van der Waals surface area contributed by atoms with Crippen molar-refractivity contribution in [2.45, 2.75) is 29.4 Å². The Hall–Kier alpha value is -3.38. The second kappa shape index (κ2) is 10.1. The number of piperidine rings is 1. The van der Waals surface area contributed by atoms with E-state index in [1.165, 1.54) is 29.5 Å². The molecule has 0 unspecified atom stereocenters. The maximum Gasteiger partial charge on any atom is 0.251 e. The van der Waals surface area contributed by atoms with Gasteiger partial charge in [-0.15, -0.1) is 0 Å². The first-order valence-electron chi connectivity index (χ1n) is 11.5. The summed E-state index contributed by atoms with van der Waals surface area (Å²) in [5.41, 5.74) is 0.621. The van der Waals surface area contributed by atoms with E-state index in [1.54, 1.807) is 29.4 Å². The molecule has 1 aliphatic rings. The van der Waals surface area contributed by atoms with Gasteiger partial charge in [-0.05, 0) is 42.0 Å². The van der Waals surface area contributed by atoms with Crippen LogP contribution in [0, 0.1) is 17.5 Å². The van der Waals surface area contributed by atoms with Gasteiger partial charge in [0, 0.05) is 49.5 Å². The molecule has 0 aliphatic carbocycles. The average molecular weight is 566 g/mol. The van der Waals surface area contributed by atoms with Crippen molar-refractivity contribution in [3.05, 3.63) is 83.9 Å². The highest BCUT2D eigenvalue weighted by Gasteiger charge is 2.35. The molecule has 1 aliphatic heterocycles. The smallest absolute Gasteiger partial charge is 0.251 e. The molecule has 198 valence electrons. The van der Waals surface area contributed by atoms with E-state index in [-0.39, 0.29) is 42.8 Å². The fraction of sp³-hybridized carbons (Fsp3) is 0.231. The van der Waals surface area contributed by atoms with E-state index in [4.69, 9.17) is 0 Å². The summed E-state index contributed by atoms with van der Waals surface area (Å²) in [4.78, 5) is 9.99. The summed E-state index contributed by atoms with van der Waals surface area (Å²) >= 11 is 1.21. The van der Waals surface area contributed by atoms with Gasteiger partial charge in [-0.2, -0.15) is 0 Å². The van der Waals surface area contributed by atoms with Crippen molar-refractivity contribution in [1.29, 1.82) is 0 Å². The lowest BCUT2D eigenvalue weighted by molar-refractivity contribution is -0.0220. The number of rotatable bonds is 6. The summed E-state index contributed by atoms with van der Waals surface area (Å²) in [7, 11) is -4.43. The average Bonchev–Trinajstić information content (AvgIpc) is 3.32. The van der Waals surface area contributed by atoms with E-state index < -0.39 is 43.9 Å². The molecule has 0 spiro atoms. The summed E-state index contributed by atoms with van der Waals surface area (Å²) in [6, 6.07) is 9.57. The largest absolute Gasteiger partial charge is 0.348 e. The zero-order chi connectivity index (χ0) is 27.1. The van der Waals surface area contributed by atoms with E-state index >= 15 is 4.39 Å². The Morgan fingerprint density at radius 1 is 0.974 bits per heavy atom. The molecule has 2 aromatic carbocycles. The summed E-state index contributed by atoms with van der Waals surface area (Å²) < 4.78 is 96.8. The molecule has 4 aromatic rings. The molecule has 3 heterocycles. The number of sulfone groups is 1. The first-order chi connectivity index (χ1) is 18.0. The number of thiazole rings is 1. The zero-order valence-electron chi connectivity index (χ0n) is 19.7. The number of anilines is 1. The Bertz CT molecular complexity index is 1580. The predicted molar refractivity (Wildman–Crippen MR) is 134 cm³/mol. The first kappa shape index (κ1) is 26.2. The van der Waals surface area contributed by atoms with Gasteiger partial charge in [0.2, 0.25) is 0 Å². The van der Waals surface area contributed by atoms with Crippen LogP contribution in [0.5, 0.6) is 0 Å². The molecule has 2 aromatic heterocycles. The van der Waals surface area contributed by atoms with Crippen LogP contribution in [0.2, 0.25) is 0 Å². The van der Waals surface area contributed by atoms with Gasteiger partial charge >= 0.3 is 0 Å². The van der Waals surface area contributed by atoms with Crippen molar-refractivity contribution < 1.29 is 30.4 Å². The number of nitrogens with zero attached hydrogens (tertiary/aromatic N) is 3. The molecule has 0 N–H and O–H groups in total. The molecule has 1 saturated heterocycles. The van der Waals surface area contributed by atoms with Gasteiger partial charge in [0.15, 0.2) is 15.0 Å². The van der Waals surface area contributed by atoms with Gasteiger partial charge in [-0.25, -0.2) is 35.4 Å². The molecule has 38 heavy (non-hydrogen) atoms. The third-order valence-electron chi connectivity index (χ3n) is 6.23. The second-order valence-corrected chi connectivity index (χ2v) is 11.8. The Balaban J connectivity index is 1.56. The Labute approximate surface area is 219 Å². The number of hydrogen-bond donors (Lipinski definition) is 0. The Kier molecular flexibility index (Phi) is 6.95. The van der Waals surface area contributed by atoms with Crippen LogP contribution in [0.3, 0.4) is 0 Å². The van der Waals surface area contributed by atoms with Crippen molar-refractivity contribution in [1.82, 2.24) is 9.97 Å².